The van der Waals surface area contributed by atoms with Crippen molar-refractivity contribution in [1.29, 1.82) is 0 Å². The van der Waals surface area contributed by atoms with Crippen molar-refractivity contribution in [2.24, 2.45) is 0 Å². The molecule has 0 saturated heterocycles. The van der Waals surface area contributed by atoms with Crippen molar-refractivity contribution < 1.29 is 4.79 Å². The maximum absolute atomic E-state index is 12.1. The summed E-state index contributed by atoms with van der Waals surface area (Å²) in [5.41, 5.74) is 1.67. The SMILES string of the molecule is Cc1ccc(C(=O)NCCc2nccn2Cc2ccccc2)c(=O)[nH]1. The van der Waals surface area contributed by atoms with Crippen LogP contribution in [0.1, 0.15) is 27.4 Å². The molecule has 0 bridgehead atoms. The van der Waals surface area contributed by atoms with E-state index in [2.05, 4.69) is 32.0 Å². The van der Waals surface area contributed by atoms with Gasteiger partial charge in [-0.25, -0.2) is 4.98 Å². The van der Waals surface area contributed by atoms with Crippen LogP contribution in [0.25, 0.3) is 0 Å². The third-order valence-corrected chi connectivity index (χ3v) is 3.93. The minimum atomic E-state index is -0.373. The molecule has 1 amide bonds. The van der Waals surface area contributed by atoms with Crippen LogP contribution >= 0.6 is 0 Å². The van der Waals surface area contributed by atoms with Gasteiger partial charge in [0.15, 0.2) is 0 Å². The first-order valence-corrected chi connectivity index (χ1v) is 8.15. The second kappa shape index (κ2) is 7.61. The zero-order valence-electron chi connectivity index (χ0n) is 14.0. The summed E-state index contributed by atoms with van der Waals surface area (Å²) in [6, 6.07) is 13.4. The zero-order chi connectivity index (χ0) is 17.6. The van der Waals surface area contributed by atoms with Gasteiger partial charge >= 0.3 is 0 Å². The van der Waals surface area contributed by atoms with Crippen LogP contribution in [0.3, 0.4) is 0 Å². The quantitative estimate of drug-likeness (QED) is 0.721. The molecule has 2 aromatic heterocycles. The maximum atomic E-state index is 12.1. The molecule has 0 fully saturated rings. The molecule has 2 heterocycles. The van der Waals surface area contributed by atoms with E-state index in [9.17, 15) is 9.59 Å². The van der Waals surface area contributed by atoms with Gasteiger partial charge in [0.25, 0.3) is 11.5 Å². The van der Waals surface area contributed by atoms with Crippen molar-refractivity contribution in [2.75, 3.05) is 6.54 Å². The molecule has 128 valence electrons. The highest BCUT2D eigenvalue weighted by atomic mass is 16.2. The zero-order valence-corrected chi connectivity index (χ0v) is 14.0. The lowest BCUT2D eigenvalue weighted by Gasteiger charge is -2.09. The first kappa shape index (κ1) is 16.7. The lowest BCUT2D eigenvalue weighted by Crippen LogP contribution is -2.31. The Bertz CT molecular complexity index is 912. The molecule has 0 aliphatic carbocycles. The fraction of sp³-hybridized carbons (Fsp3) is 0.211. The molecule has 6 nitrogen and oxygen atoms in total. The van der Waals surface area contributed by atoms with Gasteiger partial charge in [0, 0.05) is 37.6 Å². The van der Waals surface area contributed by atoms with Crippen LogP contribution in [0.15, 0.2) is 59.7 Å². The Labute approximate surface area is 145 Å². The van der Waals surface area contributed by atoms with E-state index in [4.69, 9.17) is 0 Å². The number of pyridine rings is 1. The second-order valence-electron chi connectivity index (χ2n) is 5.85. The van der Waals surface area contributed by atoms with Crippen molar-refractivity contribution in [2.45, 2.75) is 19.9 Å². The second-order valence-corrected chi connectivity index (χ2v) is 5.85. The molecule has 0 spiro atoms. The summed E-state index contributed by atoms with van der Waals surface area (Å²) in [6.07, 6.45) is 4.27. The number of benzene rings is 1. The number of hydrogen-bond acceptors (Lipinski definition) is 3. The number of aryl methyl sites for hydroxylation is 1. The number of nitrogens with one attached hydrogen (secondary N) is 2. The Hall–Kier alpha value is -3.15. The van der Waals surface area contributed by atoms with Crippen LogP contribution in [-0.4, -0.2) is 27.0 Å². The predicted octanol–water partition coefficient (Wildman–Crippen LogP) is 1.90. The first-order valence-electron chi connectivity index (χ1n) is 8.15. The lowest BCUT2D eigenvalue weighted by atomic mass is 10.2. The third-order valence-electron chi connectivity index (χ3n) is 3.93. The summed E-state index contributed by atoms with van der Waals surface area (Å²) in [4.78, 5) is 30.9. The van der Waals surface area contributed by atoms with Crippen molar-refractivity contribution >= 4 is 5.91 Å². The summed E-state index contributed by atoms with van der Waals surface area (Å²) in [7, 11) is 0. The molecule has 0 unspecified atom stereocenters. The summed E-state index contributed by atoms with van der Waals surface area (Å²) >= 11 is 0. The molecule has 0 aliphatic heterocycles. The number of carbonyl (C=O) groups is 1. The Kier molecular flexibility index (Phi) is 5.09. The molecule has 6 heteroatoms. The normalized spacial score (nSPS) is 10.6. The van der Waals surface area contributed by atoms with Gasteiger partial charge in [-0.15, -0.1) is 0 Å². The monoisotopic (exact) mass is 336 g/mol. The summed E-state index contributed by atoms with van der Waals surface area (Å²) in [5, 5.41) is 2.78. The average Bonchev–Trinajstić information content (AvgIpc) is 3.03. The van der Waals surface area contributed by atoms with E-state index in [0.717, 1.165) is 18.1 Å². The number of aromatic nitrogens is 3. The van der Waals surface area contributed by atoms with Gasteiger partial charge in [-0.05, 0) is 24.6 Å². The van der Waals surface area contributed by atoms with Crippen LogP contribution in [0, 0.1) is 6.92 Å². The highest BCUT2D eigenvalue weighted by Crippen LogP contribution is 2.06. The largest absolute Gasteiger partial charge is 0.351 e. The number of carbonyl (C=O) groups excluding carboxylic acids is 1. The maximum Gasteiger partial charge on any atom is 0.260 e. The van der Waals surface area contributed by atoms with Crippen LogP contribution in [-0.2, 0) is 13.0 Å². The van der Waals surface area contributed by atoms with E-state index in [1.807, 2.05) is 24.4 Å². The number of nitrogens with zero attached hydrogens (tertiary/aromatic N) is 2. The van der Waals surface area contributed by atoms with Gasteiger partial charge in [-0.1, -0.05) is 30.3 Å². The van der Waals surface area contributed by atoms with Gasteiger partial charge in [0.2, 0.25) is 0 Å². The fourth-order valence-corrected chi connectivity index (χ4v) is 2.63. The van der Waals surface area contributed by atoms with Crippen molar-refractivity contribution in [3.63, 3.8) is 0 Å². The molecular formula is C19H20N4O2. The van der Waals surface area contributed by atoms with Crippen molar-refractivity contribution in [3.05, 3.63) is 87.9 Å². The smallest absolute Gasteiger partial charge is 0.260 e. The minimum Gasteiger partial charge on any atom is -0.351 e. The van der Waals surface area contributed by atoms with Gasteiger partial charge in [-0.3, -0.25) is 9.59 Å². The van der Waals surface area contributed by atoms with Crippen LogP contribution in [0.4, 0.5) is 0 Å². The highest BCUT2D eigenvalue weighted by molar-refractivity contribution is 5.93. The molecular weight excluding hydrogens is 316 g/mol. The van der Waals surface area contributed by atoms with Gasteiger partial charge in [0.1, 0.15) is 11.4 Å². The molecule has 25 heavy (non-hydrogen) atoms. The number of imidazole rings is 1. The number of aromatic amines is 1. The summed E-state index contributed by atoms with van der Waals surface area (Å²) in [6.45, 7) is 2.93. The Morgan fingerprint density at radius 2 is 2.00 bits per heavy atom. The molecule has 0 radical (unpaired) electrons. The van der Waals surface area contributed by atoms with Crippen LogP contribution in [0.5, 0.6) is 0 Å². The Balaban J connectivity index is 1.58. The number of hydrogen-bond donors (Lipinski definition) is 2. The minimum absolute atomic E-state index is 0.123. The predicted molar refractivity (Wildman–Crippen MR) is 95.6 cm³/mol. The number of rotatable bonds is 6. The molecule has 0 saturated carbocycles. The van der Waals surface area contributed by atoms with Crippen LogP contribution < -0.4 is 10.9 Å². The highest BCUT2D eigenvalue weighted by Gasteiger charge is 2.10. The lowest BCUT2D eigenvalue weighted by molar-refractivity contribution is 0.0952. The Morgan fingerprint density at radius 3 is 2.76 bits per heavy atom. The van der Waals surface area contributed by atoms with Crippen molar-refractivity contribution in [1.82, 2.24) is 19.9 Å². The summed E-state index contributed by atoms with van der Waals surface area (Å²) < 4.78 is 2.06. The molecule has 1 aromatic carbocycles. The fourth-order valence-electron chi connectivity index (χ4n) is 2.63. The van der Waals surface area contributed by atoms with E-state index in [0.29, 0.717) is 13.0 Å². The van der Waals surface area contributed by atoms with E-state index >= 15 is 0 Å². The van der Waals surface area contributed by atoms with Gasteiger partial charge in [-0.2, -0.15) is 0 Å². The molecule has 0 aliphatic rings. The molecule has 0 atom stereocenters. The molecule has 3 rings (SSSR count). The molecule has 3 aromatic rings. The van der Waals surface area contributed by atoms with E-state index in [1.165, 1.54) is 5.56 Å². The van der Waals surface area contributed by atoms with Crippen LogP contribution in [0.2, 0.25) is 0 Å². The van der Waals surface area contributed by atoms with Gasteiger partial charge < -0.3 is 14.9 Å². The first-order chi connectivity index (χ1) is 12.1. The van der Waals surface area contributed by atoms with E-state index in [1.54, 1.807) is 25.3 Å². The van der Waals surface area contributed by atoms with Crippen molar-refractivity contribution in [3.8, 4) is 0 Å². The van der Waals surface area contributed by atoms with E-state index < -0.39 is 0 Å². The summed E-state index contributed by atoms with van der Waals surface area (Å²) in [5.74, 6) is 0.518. The third kappa shape index (κ3) is 4.23. The average molecular weight is 336 g/mol. The van der Waals surface area contributed by atoms with E-state index in [-0.39, 0.29) is 17.0 Å². The number of H-pyrrole nitrogens is 1. The van der Waals surface area contributed by atoms with Gasteiger partial charge in [0.05, 0.1) is 0 Å². The Morgan fingerprint density at radius 1 is 1.20 bits per heavy atom. The molecule has 2 N–H and O–H groups in total. The standard InChI is InChI=1S/C19H20N4O2/c1-14-7-8-16(19(25)22-14)18(24)21-10-9-17-20-11-12-23(17)13-15-5-3-2-4-6-15/h2-8,11-12H,9-10,13H2,1H3,(H,21,24)(H,22,25). The topological polar surface area (TPSA) is 79.8 Å². The number of amides is 1.